The van der Waals surface area contributed by atoms with Crippen LogP contribution in [0.3, 0.4) is 0 Å². The highest BCUT2D eigenvalue weighted by molar-refractivity contribution is 5.26. The van der Waals surface area contributed by atoms with E-state index in [0.717, 1.165) is 26.1 Å². The van der Waals surface area contributed by atoms with Crippen LogP contribution in [0, 0.1) is 5.92 Å². The first-order chi connectivity index (χ1) is 10.1. The Morgan fingerprint density at radius 2 is 1.86 bits per heavy atom. The summed E-state index contributed by atoms with van der Waals surface area (Å²) in [6.45, 7) is 9.88. The van der Waals surface area contributed by atoms with Crippen LogP contribution >= 0.6 is 0 Å². The lowest BCUT2D eigenvalue weighted by Gasteiger charge is -2.34. The van der Waals surface area contributed by atoms with Gasteiger partial charge >= 0.3 is 0 Å². The summed E-state index contributed by atoms with van der Waals surface area (Å²) in [6.07, 6.45) is 4.77. The summed E-state index contributed by atoms with van der Waals surface area (Å²) in [5, 5.41) is 3.68. The Morgan fingerprint density at radius 3 is 2.43 bits per heavy atom. The minimum absolute atomic E-state index is 0.254. The molecule has 2 nitrogen and oxygen atoms in total. The van der Waals surface area contributed by atoms with Gasteiger partial charge in [0, 0.05) is 25.7 Å². The third kappa shape index (κ3) is 6.19. The van der Waals surface area contributed by atoms with Crippen molar-refractivity contribution >= 4 is 0 Å². The first-order valence-electron chi connectivity index (χ1n) is 8.40. The highest BCUT2D eigenvalue weighted by atomic mass is 16.5. The van der Waals surface area contributed by atoms with Gasteiger partial charge in [-0.05, 0) is 37.3 Å². The number of nitrogens with one attached hydrogen (secondary N) is 1. The Bertz CT molecular complexity index is 363. The quantitative estimate of drug-likeness (QED) is 0.610. The van der Waals surface area contributed by atoms with Crippen LogP contribution in [0.15, 0.2) is 30.3 Å². The zero-order chi connectivity index (χ0) is 15.6. The van der Waals surface area contributed by atoms with Crippen LogP contribution in [0.1, 0.15) is 52.0 Å². The minimum atomic E-state index is 0.254. The van der Waals surface area contributed by atoms with Gasteiger partial charge in [-0.2, -0.15) is 0 Å². The molecule has 0 saturated heterocycles. The first kappa shape index (κ1) is 18.2. The normalized spacial score (nSPS) is 14.3. The molecular weight excluding hydrogens is 258 g/mol. The molecule has 0 spiro atoms. The molecule has 1 unspecified atom stereocenters. The van der Waals surface area contributed by atoms with E-state index < -0.39 is 0 Å². The smallest absolute Gasteiger partial charge is 0.0462 e. The lowest BCUT2D eigenvalue weighted by atomic mass is 9.74. The number of hydrogen-bond acceptors (Lipinski definition) is 2. The van der Waals surface area contributed by atoms with E-state index in [-0.39, 0.29) is 5.41 Å². The Morgan fingerprint density at radius 1 is 1.14 bits per heavy atom. The summed E-state index contributed by atoms with van der Waals surface area (Å²) < 4.78 is 5.19. The van der Waals surface area contributed by atoms with Crippen molar-refractivity contribution in [2.75, 3.05) is 26.8 Å². The van der Waals surface area contributed by atoms with Gasteiger partial charge in [-0.3, -0.25) is 0 Å². The molecule has 0 aromatic heterocycles. The molecule has 1 aromatic rings. The van der Waals surface area contributed by atoms with Gasteiger partial charge < -0.3 is 10.1 Å². The molecule has 1 N–H and O–H groups in total. The predicted molar refractivity (Wildman–Crippen MR) is 91.8 cm³/mol. The molecule has 0 aliphatic heterocycles. The number of benzene rings is 1. The van der Waals surface area contributed by atoms with Crippen molar-refractivity contribution < 1.29 is 4.74 Å². The first-order valence-corrected chi connectivity index (χ1v) is 8.40. The average molecular weight is 291 g/mol. The maximum atomic E-state index is 5.19. The molecule has 0 bridgehead atoms. The zero-order valence-corrected chi connectivity index (χ0v) is 14.3. The summed E-state index contributed by atoms with van der Waals surface area (Å²) in [6, 6.07) is 11.0. The van der Waals surface area contributed by atoms with Crippen LogP contribution < -0.4 is 5.32 Å². The van der Waals surface area contributed by atoms with Crippen molar-refractivity contribution in [1.29, 1.82) is 0 Å². The topological polar surface area (TPSA) is 21.3 Å². The molecule has 0 amide bonds. The molecule has 0 heterocycles. The highest BCUT2D eigenvalue weighted by Gasteiger charge is 2.29. The molecular formula is C19H33NO. The van der Waals surface area contributed by atoms with Crippen molar-refractivity contribution in [2.24, 2.45) is 5.92 Å². The van der Waals surface area contributed by atoms with E-state index in [9.17, 15) is 0 Å². The number of rotatable bonds is 11. The number of methoxy groups -OCH3 is 1. The Kier molecular flexibility index (Phi) is 8.63. The Hall–Kier alpha value is -0.860. The second-order valence-corrected chi connectivity index (χ2v) is 6.47. The summed E-state index contributed by atoms with van der Waals surface area (Å²) in [4.78, 5) is 0. The fraction of sp³-hybridized carbons (Fsp3) is 0.684. The maximum Gasteiger partial charge on any atom is 0.0462 e. The summed E-state index contributed by atoms with van der Waals surface area (Å²) in [7, 11) is 1.79. The molecule has 1 rings (SSSR count). The Labute approximate surface area is 131 Å². The fourth-order valence-electron chi connectivity index (χ4n) is 2.94. The van der Waals surface area contributed by atoms with E-state index in [1.165, 1.54) is 24.8 Å². The van der Waals surface area contributed by atoms with E-state index in [4.69, 9.17) is 4.74 Å². The third-order valence-corrected chi connectivity index (χ3v) is 4.33. The van der Waals surface area contributed by atoms with E-state index in [0.29, 0.717) is 5.92 Å². The highest BCUT2D eigenvalue weighted by Crippen LogP contribution is 2.33. The molecule has 0 aliphatic rings. The van der Waals surface area contributed by atoms with Gasteiger partial charge in [0.05, 0.1) is 0 Å². The van der Waals surface area contributed by atoms with E-state index in [1.807, 2.05) is 0 Å². The van der Waals surface area contributed by atoms with E-state index in [1.54, 1.807) is 7.11 Å². The molecule has 0 aliphatic carbocycles. The fourth-order valence-corrected chi connectivity index (χ4v) is 2.94. The van der Waals surface area contributed by atoms with Gasteiger partial charge in [-0.1, -0.05) is 57.5 Å². The molecule has 0 saturated carbocycles. The summed E-state index contributed by atoms with van der Waals surface area (Å²) >= 11 is 0. The second kappa shape index (κ2) is 9.97. The van der Waals surface area contributed by atoms with Crippen molar-refractivity contribution in [3.8, 4) is 0 Å². The van der Waals surface area contributed by atoms with E-state index in [2.05, 4.69) is 56.4 Å². The minimum Gasteiger partial charge on any atom is -0.385 e. The molecule has 21 heavy (non-hydrogen) atoms. The van der Waals surface area contributed by atoms with E-state index >= 15 is 0 Å². The van der Waals surface area contributed by atoms with Gasteiger partial charge in [0.1, 0.15) is 0 Å². The second-order valence-electron chi connectivity index (χ2n) is 6.47. The monoisotopic (exact) mass is 291 g/mol. The molecule has 1 atom stereocenters. The van der Waals surface area contributed by atoms with Crippen molar-refractivity contribution in [2.45, 2.75) is 51.9 Å². The number of ether oxygens (including phenoxy) is 1. The van der Waals surface area contributed by atoms with Gasteiger partial charge in [-0.25, -0.2) is 0 Å². The van der Waals surface area contributed by atoms with Crippen molar-refractivity contribution in [3.05, 3.63) is 35.9 Å². The molecule has 120 valence electrons. The number of hydrogen-bond donors (Lipinski definition) is 1. The SMILES string of the molecule is CCC(CCCCOC)(CNCC(C)C)c1ccccc1. The maximum absolute atomic E-state index is 5.19. The van der Waals surface area contributed by atoms with Crippen molar-refractivity contribution in [3.63, 3.8) is 0 Å². The zero-order valence-electron chi connectivity index (χ0n) is 14.3. The standard InChI is InChI=1S/C19H33NO/c1-5-19(13-9-10-14-21-4,16-20-15-17(2)3)18-11-7-6-8-12-18/h6-8,11-12,17,20H,5,9-10,13-16H2,1-4H3. The molecule has 1 aromatic carbocycles. The van der Waals surface area contributed by atoms with Crippen LogP contribution in [0.25, 0.3) is 0 Å². The number of unbranched alkanes of at least 4 members (excludes halogenated alkanes) is 1. The van der Waals surface area contributed by atoms with Crippen LogP contribution in [0.5, 0.6) is 0 Å². The predicted octanol–water partition coefficient (Wildman–Crippen LogP) is 4.40. The van der Waals surface area contributed by atoms with Crippen LogP contribution in [-0.2, 0) is 10.2 Å². The van der Waals surface area contributed by atoms with Gasteiger partial charge in [0.2, 0.25) is 0 Å². The molecule has 0 fully saturated rings. The lowest BCUT2D eigenvalue weighted by molar-refractivity contribution is 0.187. The lowest BCUT2D eigenvalue weighted by Crippen LogP contribution is -2.39. The molecule has 2 heteroatoms. The van der Waals surface area contributed by atoms with Crippen molar-refractivity contribution in [1.82, 2.24) is 5.32 Å². The average Bonchev–Trinajstić information content (AvgIpc) is 2.50. The largest absolute Gasteiger partial charge is 0.385 e. The third-order valence-electron chi connectivity index (χ3n) is 4.33. The summed E-state index contributed by atoms with van der Waals surface area (Å²) in [5.41, 5.74) is 1.73. The van der Waals surface area contributed by atoms with Crippen LogP contribution in [-0.4, -0.2) is 26.8 Å². The van der Waals surface area contributed by atoms with Gasteiger partial charge in [-0.15, -0.1) is 0 Å². The van der Waals surface area contributed by atoms with Crippen LogP contribution in [0.4, 0.5) is 0 Å². The molecule has 0 radical (unpaired) electrons. The Balaban J connectivity index is 2.74. The summed E-state index contributed by atoms with van der Waals surface area (Å²) in [5.74, 6) is 0.698. The van der Waals surface area contributed by atoms with Crippen LogP contribution in [0.2, 0.25) is 0 Å². The van der Waals surface area contributed by atoms with Gasteiger partial charge in [0.25, 0.3) is 0 Å². The van der Waals surface area contributed by atoms with Gasteiger partial charge in [0.15, 0.2) is 0 Å².